The van der Waals surface area contributed by atoms with Crippen LogP contribution in [0.1, 0.15) is 18.7 Å². The van der Waals surface area contributed by atoms with Crippen LogP contribution in [0.3, 0.4) is 0 Å². The summed E-state index contributed by atoms with van der Waals surface area (Å²) >= 11 is 0. The minimum absolute atomic E-state index is 0.690. The van der Waals surface area contributed by atoms with Crippen molar-refractivity contribution in [2.24, 2.45) is 5.92 Å². The standard InChI is InChI=1S/C20H22N4/c1-14(15-7-8-15)13-19-21-20-6-4-5-18(24(20)22-19)16-9-11-17(12-10-16)23(2)3/h4-6,9-12,15H,1,7-8,13H2,2-3H3. The largest absolute Gasteiger partial charge is 0.378 e. The molecule has 1 saturated carbocycles. The van der Waals surface area contributed by atoms with Gasteiger partial charge in [-0.1, -0.05) is 30.4 Å². The van der Waals surface area contributed by atoms with Crippen LogP contribution in [0.15, 0.2) is 54.6 Å². The Morgan fingerprint density at radius 1 is 1.17 bits per heavy atom. The van der Waals surface area contributed by atoms with E-state index in [1.54, 1.807) is 0 Å². The van der Waals surface area contributed by atoms with Gasteiger partial charge < -0.3 is 4.90 Å². The van der Waals surface area contributed by atoms with E-state index >= 15 is 0 Å². The highest BCUT2D eigenvalue weighted by Crippen LogP contribution is 2.36. The van der Waals surface area contributed by atoms with E-state index in [4.69, 9.17) is 5.10 Å². The SMILES string of the molecule is C=C(Cc1nc2cccc(-c3ccc(N(C)C)cc3)n2n1)C1CC1. The van der Waals surface area contributed by atoms with Gasteiger partial charge in [-0.15, -0.1) is 0 Å². The van der Waals surface area contributed by atoms with Crippen LogP contribution >= 0.6 is 0 Å². The second-order valence-corrected chi connectivity index (χ2v) is 6.76. The quantitative estimate of drug-likeness (QED) is 0.667. The molecular formula is C20H22N4. The molecule has 1 fully saturated rings. The van der Waals surface area contributed by atoms with Crippen LogP contribution in [-0.4, -0.2) is 28.7 Å². The minimum atomic E-state index is 0.690. The highest BCUT2D eigenvalue weighted by Gasteiger charge is 2.25. The Balaban J connectivity index is 1.69. The molecule has 0 aliphatic heterocycles. The smallest absolute Gasteiger partial charge is 0.156 e. The fourth-order valence-electron chi connectivity index (χ4n) is 3.01. The molecular weight excluding hydrogens is 296 g/mol. The average molecular weight is 318 g/mol. The van der Waals surface area contributed by atoms with Crippen LogP contribution in [0.4, 0.5) is 5.69 Å². The van der Waals surface area contributed by atoms with Crippen molar-refractivity contribution in [2.45, 2.75) is 19.3 Å². The van der Waals surface area contributed by atoms with E-state index in [-0.39, 0.29) is 0 Å². The number of hydrogen-bond acceptors (Lipinski definition) is 3. The van der Waals surface area contributed by atoms with Gasteiger partial charge in [0, 0.05) is 31.8 Å². The van der Waals surface area contributed by atoms with Gasteiger partial charge in [0.1, 0.15) is 0 Å². The maximum Gasteiger partial charge on any atom is 0.156 e. The Kier molecular flexibility index (Phi) is 3.60. The van der Waals surface area contributed by atoms with Crippen LogP contribution in [0.2, 0.25) is 0 Å². The van der Waals surface area contributed by atoms with Gasteiger partial charge in [0.15, 0.2) is 11.5 Å². The second kappa shape index (κ2) is 5.78. The van der Waals surface area contributed by atoms with Crippen molar-refractivity contribution >= 4 is 11.3 Å². The summed E-state index contributed by atoms with van der Waals surface area (Å²) in [7, 11) is 4.10. The molecule has 1 aliphatic rings. The van der Waals surface area contributed by atoms with Crippen molar-refractivity contribution in [3.8, 4) is 11.3 Å². The molecule has 0 bridgehead atoms. The minimum Gasteiger partial charge on any atom is -0.378 e. The molecule has 1 aromatic carbocycles. The van der Waals surface area contributed by atoms with Crippen molar-refractivity contribution < 1.29 is 0 Å². The van der Waals surface area contributed by atoms with E-state index < -0.39 is 0 Å². The van der Waals surface area contributed by atoms with E-state index in [9.17, 15) is 0 Å². The molecule has 0 amide bonds. The Morgan fingerprint density at radius 2 is 1.92 bits per heavy atom. The molecule has 1 aliphatic carbocycles. The highest BCUT2D eigenvalue weighted by molar-refractivity contribution is 5.65. The van der Waals surface area contributed by atoms with E-state index in [1.807, 2.05) is 30.7 Å². The lowest BCUT2D eigenvalue weighted by atomic mass is 10.1. The summed E-state index contributed by atoms with van der Waals surface area (Å²) in [5, 5.41) is 4.73. The predicted octanol–water partition coefficient (Wildman–Crippen LogP) is 3.97. The Labute approximate surface area is 142 Å². The number of rotatable bonds is 5. The summed E-state index contributed by atoms with van der Waals surface area (Å²) in [4.78, 5) is 6.78. The van der Waals surface area contributed by atoms with Gasteiger partial charge in [0.25, 0.3) is 0 Å². The number of hydrogen-bond donors (Lipinski definition) is 0. The Hall–Kier alpha value is -2.62. The summed E-state index contributed by atoms with van der Waals surface area (Å²) in [5.74, 6) is 1.55. The summed E-state index contributed by atoms with van der Waals surface area (Å²) < 4.78 is 1.94. The number of allylic oxidation sites excluding steroid dienone is 1. The zero-order valence-electron chi connectivity index (χ0n) is 14.2. The average Bonchev–Trinajstić information content (AvgIpc) is 3.35. The van der Waals surface area contributed by atoms with Crippen LogP contribution < -0.4 is 4.90 Å². The van der Waals surface area contributed by atoms with E-state index in [0.29, 0.717) is 5.92 Å². The lowest BCUT2D eigenvalue weighted by Crippen LogP contribution is -2.08. The summed E-state index contributed by atoms with van der Waals surface area (Å²) in [6, 6.07) is 14.7. The molecule has 0 spiro atoms. The van der Waals surface area contributed by atoms with Crippen molar-refractivity contribution in [1.82, 2.24) is 14.6 Å². The first-order valence-corrected chi connectivity index (χ1v) is 8.42. The van der Waals surface area contributed by atoms with Crippen molar-refractivity contribution in [1.29, 1.82) is 0 Å². The third kappa shape index (κ3) is 2.80. The topological polar surface area (TPSA) is 33.4 Å². The van der Waals surface area contributed by atoms with Gasteiger partial charge in [-0.2, -0.15) is 5.10 Å². The number of aromatic nitrogens is 3. The molecule has 0 atom stereocenters. The van der Waals surface area contributed by atoms with Crippen LogP contribution in [0.25, 0.3) is 16.9 Å². The lowest BCUT2D eigenvalue weighted by molar-refractivity contribution is 0.856. The number of benzene rings is 1. The molecule has 122 valence electrons. The molecule has 0 saturated heterocycles. The van der Waals surface area contributed by atoms with Gasteiger partial charge in [-0.3, -0.25) is 0 Å². The van der Waals surface area contributed by atoms with Crippen LogP contribution in [0, 0.1) is 5.92 Å². The molecule has 2 heterocycles. The molecule has 4 nitrogen and oxygen atoms in total. The van der Waals surface area contributed by atoms with Crippen LogP contribution in [0.5, 0.6) is 0 Å². The lowest BCUT2D eigenvalue weighted by Gasteiger charge is -2.13. The molecule has 2 aromatic heterocycles. The zero-order valence-corrected chi connectivity index (χ0v) is 14.2. The monoisotopic (exact) mass is 318 g/mol. The fourth-order valence-corrected chi connectivity index (χ4v) is 3.01. The number of pyridine rings is 1. The maximum absolute atomic E-state index is 4.73. The van der Waals surface area contributed by atoms with E-state index in [1.165, 1.54) is 24.1 Å². The number of nitrogens with zero attached hydrogens (tertiary/aromatic N) is 4. The number of anilines is 1. The molecule has 3 aromatic rings. The predicted molar refractivity (Wildman–Crippen MR) is 98.3 cm³/mol. The van der Waals surface area contributed by atoms with Gasteiger partial charge in [0.05, 0.1) is 5.69 Å². The normalized spacial score (nSPS) is 14.1. The van der Waals surface area contributed by atoms with Crippen molar-refractivity contribution in [3.63, 3.8) is 0 Å². The first-order chi connectivity index (χ1) is 11.6. The first kappa shape index (κ1) is 14.9. The second-order valence-electron chi connectivity index (χ2n) is 6.76. The fraction of sp³-hybridized carbons (Fsp3) is 0.300. The van der Waals surface area contributed by atoms with Crippen LogP contribution in [-0.2, 0) is 6.42 Å². The highest BCUT2D eigenvalue weighted by atomic mass is 15.3. The molecule has 0 radical (unpaired) electrons. The third-order valence-corrected chi connectivity index (χ3v) is 4.62. The van der Waals surface area contributed by atoms with E-state index in [0.717, 1.165) is 29.1 Å². The van der Waals surface area contributed by atoms with Gasteiger partial charge >= 0.3 is 0 Å². The van der Waals surface area contributed by atoms with Crippen molar-refractivity contribution in [2.75, 3.05) is 19.0 Å². The summed E-state index contributed by atoms with van der Waals surface area (Å²) in [6.07, 6.45) is 3.33. The third-order valence-electron chi connectivity index (χ3n) is 4.62. The zero-order chi connectivity index (χ0) is 16.7. The molecule has 24 heavy (non-hydrogen) atoms. The Bertz CT molecular complexity index is 886. The summed E-state index contributed by atoms with van der Waals surface area (Å²) in [5.41, 5.74) is 5.55. The molecule has 4 rings (SSSR count). The van der Waals surface area contributed by atoms with Crippen molar-refractivity contribution in [3.05, 3.63) is 60.4 Å². The molecule has 4 heteroatoms. The first-order valence-electron chi connectivity index (χ1n) is 8.42. The van der Waals surface area contributed by atoms with Gasteiger partial charge in [-0.25, -0.2) is 9.50 Å². The summed E-state index contributed by atoms with van der Waals surface area (Å²) in [6.45, 7) is 4.20. The van der Waals surface area contributed by atoms with Gasteiger partial charge in [0.2, 0.25) is 0 Å². The maximum atomic E-state index is 4.73. The molecule has 0 N–H and O–H groups in total. The Morgan fingerprint density at radius 3 is 2.58 bits per heavy atom. The van der Waals surface area contributed by atoms with Gasteiger partial charge in [-0.05, 0) is 43.0 Å². The molecule has 0 unspecified atom stereocenters. The van der Waals surface area contributed by atoms with E-state index in [2.05, 4.69) is 46.8 Å². The number of fused-ring (bicyclic) bond motifs is 1.